The van der Waals surface area contributed by atoms with Gasteiger partial charge in [-0.1, -0.05) is 29.1 Å². The van der Waals surface area contributed by atoms with Gasteiger partial charge >= 0.3 is 0 Å². The Morgan fingerprint density at radius 3 is 2.83 bits per heavy atom. The monoisotopic (exact) mass is 331 g/mol. The van der Waals surface area contributed by atoms with Crippen LogP contribution in [0.15, 0.2) is 39.8 Å². The van der Waals surface area contributed by atoms with E-state index in [1.165, 1.54) is 11.8 Å². The maximum absolute atomic E-state index is 12.9. The van der Waals surface area contributed by atoms with Crippen molar-refractivity contribution in [3.05, 3.63) is 36.1 Å². The van der Waals surface area contributed by atoms with Crippen molar-refractivity contribution in [2.24, 2.45) is 0 Å². The summed E-state index contributed by atoms with van der Waals surface area (Å²) in [5, 5.41) is 6.42. The Balaban J connectivity index is 1.94. The number of aryl methyl sites for hydroxylation is 1. The number of carbonyl (C=O) groups excluding carboxylic acids is 2. The molecule has 1 unspecified atom stereocenters. The third-order valence-electron chi connectivity index (χ3n) is 3.74. The smallest absolute Gasteiger partial charge is 0.252 e. The van der Waals surface area contributed by atoms with Crippen LogP contribution < -0.4 is 10.2 Å². The van der Waals surface area contributed by atoms with Crippen molar-refractivity contribution in [1.29, 1.82) is 0 Å². The van der Waals surface area contributed by atoms with Crippen LogP contribution in [-0.2, 0) is 9.59 Å². The highest BCUT2D eigenvalue weighted by atomic mass is 32.2. The molecule has 1 atom stereocenters. The molecule has 0 saturated carbocycles. The lowest BCUT2D eigenvalue weighted by molar-refractivity contribution is -0.128. The molecule has 6 nitrogen and oxygen atoms in total. The Morgan fingerprint density at radius 2 is 2.17 bits per heavy atom. The number of fused-ring (bicyclic) bond motifs is 1. The van der Waals surface area contributed by atoms with Gasteiger partial charge in [-0.2, -0.15) is 0 Å². The standard InChI is InChI=1S/C16H17N3O3S/c1-4-19-11-7-5-6-8-12(11)23-16(3,15(19)21)14(20)17-13-9-10(2)22-18-13/h5-9H,4H2,1-3H3,(H,17,18,20). The predicted molar refractivity (Wildman–Crippen MR) is 88.6 cm³/mol. The predicted octanol–water partition coefficient (Wildman–Crippen LogP) is 2.84. The molecule has 1 N–H and O–H groups in total. The summed E-state index contributed by atoms with van der Waals surface area (Å²) < 4.78 is 3.69. The van der Waals surface area contributed by atoms with Gasteiger partial charge in [-0.3, -0.25) is 9.59 Å². The van der Waals surface area contributed by atoms with Gasteiger partial charge in [-0.25, -0.2) is 0 Å². The minimum atomic E-state index is -1.25. The molecule has 2 amide bonds. The lowest BCUT2D eigenvalue weighted by Crippen LogP contribution is -2.54. The lowest BCUT2D eigenvalue weighted by Gasteiger charge is -2.38. The normalized spacial score (nSPS) is 20.3. The van der Waals surface area contributed by atoms with E-state index >= 15 is 0 Å². The van der Waals surface area contributed by atoms with Crippen molar-refractivity contribution < 1.29 is 14.1 Å². The fraction of sp³-hybridized carbons (Fsp3) is 0.312. The molecule has 1 aromatic heterocycles. The molecule has 2 heterocycles. The summed E-state index contributed by atoms with van der Waals surface area (Å²) in [5.74, 6) is 0.257. The third-order valence-corrected chi connectivity index (χ3v) is 5.08. The molecule has 2 aromatic rings. The Morgan fingerprint density at radius 1 is 1.43 bits per heavy atom. The fourth-order valence-corrected chi connectivity index (χ4v) is 3.73. The number of thioether (sulfide) groups is 1. The minimum Gasteiger partial charge on any atom is -0.360 e. The van der Waals surface area contributed by atoms with Crippen LogP contribution in [0.2, 0.25) is 0 Å². The van der Waals surface area contributed by atoms with Gasteiger partial charge in [0, 0.05) is 17.5 Å². The number of hydrogen-bond donors (Lipinski definition) is 1. The molecule has 1 aromatic carbocycles. The van der Waals surface area contributed by atoms with E-state index in [-0.39, 0.29) is 5.91 Å². The topological polar surface area (TPSA) is 75.4 Å². The first-order chi connectivity index (χ1) is 11.0. The fourth-order valence-electron chi connectivity index (χ4n) is 2.52. The summed E-state index contributed by atoms with van der Waals surface area (Å²) in [7, 11) is 0. The number of para-hydroxylation sites is 1. The second-order valence-corrected chi connectivity index (χ2v) is 6.89. The minimum absolute atomic E-state index is 0.235. The SMILES string of the molecule is CCN1C(=O)C(C)(C(=O)Nc2cc(C)on2)Sc2ccccc21. The number of nitrogens with zero attached hydrogens (tertiary/aromatic N) is 2. The Bertz CT molecular complexity index is 773. The number of benzene rings is 1. The zero-order valence-corrected chi connectivity index (χ0v) is 13.9. The van der Waals surface area contributed by atoms with Crippen molar-refractivity contribution >= 4 is 35.1 Å². The van der Waals surface area contributed by atoms with Crippen LogP contribution in [0.4, 0.5) is 11.5 Å². The van der Waals surface area contributed by atoms with E-state index in [0.717, 1.165) is 10.6 Å². The number of hydrogen-bond acceptors (Lipinski definition) is 5. The van der Waals surface area contributed by atoms with Crippen LogP contribution in [0.1, 0.15) is 19.6 Å². The molecular weight excluding hydrogens is 314 g/mol. The van der Waals surface area contributed by atoms with Gasteiger partial charge in [0.1, 0.15) is 5.76 Å². The van der Waals surface area contributed by atoms with Crippen molar-refractivity contribution in [3.8, 4) is 0 Å². The van der Waals surface area contributed by atoms with E-state index < -0.39 is 10.7 Å². The van der Waals surface area contributed by atoms with Gasteiger partial charge in [0.2, 0.25) is 0 Å². The number of rotatable bonds is 3. The summed E-state index contributed by atoms with van der Waals surface area (Å²) in [6, 6.07) is 9.21. The summed E-state index contributed by atoms with van der Waals surface area (Å²) in [4.78, 5) is 28.1. The summed E-state index contributed by atoms with van der Waals surface area (Å²) in [6.45, 7) is 5.77. The summed E-state index contributed by atoms with van der Waals surface area (Å²) >= 11 is 1.26. The van der Waals surface area contributed by atoms with Crippen molar-refractivity contribution in [2.75, 3.05) is 16.8 Å². The molecule has 3 rings (SSSR count). The van der Waals surface area contributed by atoms with E-state index in [2.05, 4.69) is 10.5 Å². The second-order valence-electron chi connectivity index (χ2n) is 5.43. The molecule has 0 aliphatic carbocycles. The summed E-state index contributed by atoms with van der Waals surface area (Å²) in [6.07, 6.45) is 0. The van der Waals surface area contributed by atoms with Gasteiger partial charge in [0.25, 0.3) is 11.8 Å². The average molecular weight is 331 g/mol. The van der Waals surface area contributed by atoms with E-state index in [1.54, 1.807) is 24.8 Å². The van der Waals surface area contributed by atoms with Gasteiger partial charge in [-0.15, -0.1) is 0 Å². The summed E-state index contributed by atoms with van der Waals surface area (Å²) in [5.41, 5.74) is 0.840. The van der Waals surface area contributed by atoms with E-state index in [1.807, 2.05) is 31.2 Å². The highest BCUT2D eigenvalue weighted by Crippen LogP contribution is 2.45. The van der Waals surface area contributed by atoms with Crippen molar-refractivity contribution in [2.45, 2.75) is 30.4 Å². The van der Waals surface area contributed by atoms with Gasteiger partial charge in [0.05, 0.1) is 5.69 Å². The van der Waals surface area contributed by atoms with Gasteiger partial charge in [0.15, 0.2) is 10.6 Å². The van der Waals surface area contributed by atoms with Crippen LogP contribution in [-0.4, -0.2) is 28.3 Å². The maximum atomic E-state index is 12.9. The van der Waals surface area contributed by atoms with Crippen LogP contribution in [0.5, 0.6) is 0 Å². The van der Waals surface area contributed by atoms with E-state index in [0.29, 0.717) is 18.1 Å². The van der Waals surface area contributed by atoms with Gasteiger partial charge < -0.3 is 14.7 Å². The first-order valence-corrected chi connectivity index (χ1v) is 8.12. The first-order valence-electron chi connectivity index (χ1n) is 7.30. The molecule has 0 spiro atoms. The van der Waals surface area contributed by atoms with Crippen molar-refractivity contribution in [3.63, 3.8) is 0 Å². The molecule has 7 heteroatoms. The molecule has 1 aliphatic heterocycles. The number of carbonyl (C=O) groups is 2. The second kappa shape index (κ2) is 5.73. The van der Waals surface area contributed by atoms with Gasteiger partial charge in [-0.05, 0) is 32.9 Å². The van der Waals surface area contributed by atoms with Crippen LogP contribution in [0.3, 0.4) is 0 Å². The molecule has 120 valence electrons. The first kappa shape index (κ1) is 15.6. The molecule has 0 fully saturated rings. The van der Waals surface area contributed by atoms with E-state index in [4.69, 9.17) is 4.52 Å². The van der Waals surface area contributed by atoms with Crippen molar-refractivity contribution in [1.82, 2.24) is 5.16 Å². The molecule has 0 bridgehead atoms. The Labute approximate surface area is 138 Å². The number of nitrogens with one attached hydrogen (secondary N) is 1. The van der Waals surface area contributed by atoms with Crippen LogP contribution in [0, 0.1) is 6.92 Å². The average Bonchev–Trinajstić information content (AvgIpc) is 2.93. The Kier molecular flexibility index (Phi) is 3.89. The quantitative estimate of drug-likeness (QED) is 0.875. The number of anilines is 2. The highest BCUT2D eigenvalue weighted by Gasteiger charge is 2.49. The number of aromatic nitrogens is 1. The molecule has 23 heavy (non-hydrogen) atoms. The Hall–Kier alpha value is -2.28. The lowest BCUT2D eigenvalue weighted by atomic mass is 10.1. The number of amides is 2. The largest absolute Gasteiger partial charge is 0.360 e. The zero-order chi connectivity index (χ0) is 16.6. The molecule has 0 radical (unpaired) electrons. The third kappa shape index (κ3) is 2.61. The van der Waals surface area contributed by atoms with Crippen LogP contribution in [0.25, 0.3) is 0 Å². The van der Waals surface area contributed by atoms with Crippen LogP contribution >= 0.6 is 11.8 Å². The molecule has 1 aliphatic rings. The molecular formula is C16H17N3O3S. The van der Waals surface area contributed by atoms with E-state index in [9.17, 15) is 9.59 Å². The maximum Gasteiger partial charge on any atom is 0.252 e. The molecule has 0 saturated heterocycles. The zero-order valence-electron chi connectivity index (χ0n) is 13.1. The highest BCUT2D eigenvalue weighted by molar-refractivity contribution is 8.02.